The molecule has 0 aliphatic carbocycles. The summed E-state index contributed by atoms with van der Waals surface area (Å²) in [5.74, 6) is 0. The average Bonchev–Trinajstić information content (AvgIpc) is 3.02. The average molecular weight is 369 g/mol. The number of nitrogens with zero attached hydrogens (tertiary/aromatic N) is 3. The van der Waals surface area contributed by atoms with Crippen molar-refractivity contribution in [3.63, 3.8) is 0 Å². The van der Waals surface area contributed by atoms with E-state index in [1.54, 1.807) is 0 Å². The Bertz CT molecular complexity index is 686. The second kappa shape index (κ2) is 7.53. The summed E-state index contributed by atoms with van der Waals surface area (Å²) in [6.45, 7) is 3.37. The van der Waals surface area contributed by atoms with Gasteiger partial charge in [0.1, 0.15) is 0 Å². The highest BCUT2D eigenvalue weighted by atomic mass is 35.5. The maximum atomic E-state index is 12.2. The SMILES string of the molecule is CN1CCN(C(=O)SNc2nc(-c3ccccc3Cl)cs2)CC1. The Morgan fingerprint density at radius 3 is 2.78 bits per heavy atom. The van der Waals surface area contributed by atoms with Crippen molar-refractivity contribution >= 4 is 45.3 Å². The molecule has 0 radical (unpaired) electrons. The van der Waals surface area contributed by atoms with Crippen LogP contribution in [0.3, 0.4) is 0 Å². The van der Waals surface area contributed by atoms with Crippen LogP contribution < -0.4 is 4.72 Å². The lowest BCUT2D eigenvalue weighted by Crippen LogP contribution is -2.46. The van der Waals surface area contributed by atoms with Gasteiger partial charge >= 0.3 is 5.24 Å². The number of halogens is 1. The first-order chi connectivity index (χ1) is 11.1. The fourth-order valence-electron chi connectivity index (χ4n) is 2.25. The summed E-state index contributed by atoms with van der Waals surface area (Å²) < 4.78 is 3.04. The fraction of sp³-hybridized carbons (Fsp3) is 0.333. The number of anilines is 1. The number of carbonyl (C=O) groups excluding carboxylic acids is 1. The van der Waals surface area contributed by atoms with E-state index in [1.807, 2.05) is 34.5 Å². The number of nitrogens with one attached hydrogen (secondary N) is 1. The van der Waals surface area contributed by atoms with Crippen molar-refractivity contribution < 1.29 is 4.79 Å². The van der Waals surface area contributed by atoms with Crippen molar-refractivity contribution in [2.45, 2.75) is 0 Å². The first kappa shape index (κ1) is 16.6. The lowest BCUT2D eigenvalue weighted by Gasteiger charge is -2.31. The summed E-state index contributed by atoms with van der Waals surface area (Å²) in [7, 11) is 2.07. The smallest absolute Gasteiger partial charge is 0.302 e. The highest BCUT2D eigenvalue weighted by Crippen LogP contribution is 2.31. The summed E-state index contributed by atoms with van der Waals surface area (Å²) in [4.78, 5) is 20.7. The van der Waals surface area contributed by atoms with E-state index in [9.17, 15) is 4.79 Å². The molecule has 0 unspecified atom stereocenters. The molecule has 2 aromatic rings. The molecule has 1 aromatic heterocycles. The Morgan fingerprint density at radius 2 is 2.04 bits per heavy atom. The van der Waals surface area contributed by atoms with Crippen molar-refractivity contribution in [1.82, 2.24) is 14.8 Å². The first-order valence-corrected chi connectivity index (χ1v) is 9.31. The predicted octanol–water partition coefficient (Wildman–Crippen LogP) is 3.89. The molecule has 1 fully saturated rings. The molecule has 0 spiro atoms. The van der Waals surface area contributed by atoms with Gasteiger partial charge in [0, 0.05) is 54.1 Å². The number of piperazine rings is 1. The summed E-state index contributed by atoms with van der Waals surface area (Å²) in [6, 6.07) is 7.60. The standard InChI is InChI=1S/C15H17ClN4OS2/c1-19-6-8-20(9-7-19)15(21)23-18-14-17-13(10-22-14)11-4-2-3-5-12(11)16/h2-5,10H,6-9H2,1H3,(H,17,18). The number of rotatable bonds is 3. The molecule has 0 bridgehead atoms. The summed E-state index contributed by atoms with van der Waals surface area (Å²) in [5, 5.41) is 3.34. The van der Waals surface area contributed by atoms with Gasteiger partial charge in [-0.3, -0.25) is 9.52 Å². The first-order valence-electron chi connectivity index (χ1n) is 7.24. The Balaban J connectivity index is 1.57. The van der Waals surface area contributed by atoms with Crippen molar-refractivity contribution in [3.8, 4) is 11.3 Å². The molecular weight excluding hydrogens is 352 g/mol. The van der Waals surface area contributed by atoms with Gasteiger partial charge < -0.3 is 9.80 Å². The Hall–Kier alpha value is -1.28. The van der Waals surface area contributed by atoms with Gasteiger partial charge in [0.05, 0.1) is 5.69 Å². The van der Waals surface area contributed by atoms with Crippen LogP contribution in [0.1, 0.15) is 0 Å². The number of amides is 1. The van der Waals surface area contributed by atoms with Gasteiger partial charge in [-0.2, -0.15) is 0 Å². The van der Waals surface area contributed by atoms with Crippen LogP contribution in [0, 0.1) is 0 Å². The molecule has 2 heterocycles. The lowest BCUT2D eigenvalue weighted by atomic mass is 10.2. The number of thiazole rings is 1. The summed E-state index contributed by atoms with van der Waals surface area (Å²) >= 11 is 8.73. The van der Waals surface area contributed by atoms with Crippen molar-refractivity contribution in [2.24, 2.45) is 0 Å². The minimum absolute atomic E-state index is 0.0348. The molecule has 122 valence electrons. The zero-order valence-corrected chi connectivity index (χ0v) is 15.0. The van der Waals surface area contributed by atoms with Crippen LogP contribution >= 0.6 is 34.9 Å². The number of benzene rings is 1. The van der Waals surface area contributed by atoms with E-state index in [0.717, 1.165) is 49.4 Å². The normalized spacial score (nSPS) is 15.7. The molecule has 0 saturated carbocycles. The molecular formula is C15H17ClN4OS2. The van der Waals surface area contributed by atoms with E-state index in [4.69, 9.17) is 11.6 Å². The lowest BCUT2D eigenvalue weighted by molar-refractivity contribution is 0.172. The van der Waals surface area contributed by atoms with Crippen LogP contribution in [0.4, 0.5) is 9.93 Å². The third-order valence-electron chi connectivity index (χ3n) is 3.64. The predicted molar refractivity (Wildman–Crippen MR) is 98.2 cm³/mol. The van der Waals surface area contributed by atoms with E-state index in [2.05, 4.69) is 21.7 Å². The maximum Gasteiger partial charge on any atom is 0.302 e. The van der Waals surface area contributed by atoms with Gasteiger partial charge in [-0.15, -0.1) is 11.3 Å². The number of carbonyl (C=O) groups is 1. The van der Waals surface area contributed by atoms with E-state index >= 15 is 0 Å². The minimum Gasteiger partial charge on any atom is -0.330 e. The molecule has 1 N–H and O–H groups in total. The Kier molecular flexibility index (Phi) is 5.42. The topological polar surface area (TPSA) is 48.5 Å². The third kappa shape index (κ3) is 4.17. The molecule has 3 rings (SSSR count). The Labute approximate surface area is 148 Å². The van der Waals surface area contributed by atoms with Gasteiger partial charge in [-0.05, 0) is 13.1 Å². The van der Waals surface area contributed by atoms with Crippen molar-refractivity contribution in [2.75, 3.05) is 37.9 Å². The van der Waals surface area contributed by atoms with Gasteiger partial charge in [-0.1, -0.05) is 29.8 Å². The van der Waals surface area contributed by atoms with E-state index in [-0.39, 0.29) is 5.24 Å². The molecule has 1 aliphatic rings. The molecule has 1 saturated heterocycles. The molecule has 1 aromatic carbocycles. The summed E-state index contributed by atoms with van der Waals surface area (Å²) in [6.07, 6.45) is 0. The van der Waals surface area contributed by atoms with Gasteiger partial charge in [0.25, 0.3) is 0 Å². The quantitative estimate of drug-likeness (QED) is 0.833. The monoisotopic (exact) mass is 368 g/mol. The highest BCUT2D eigenvalue weighted by molar-refractivity contribution is 8.14. The molecule has 1 amide bonds. The summed E-state index contributed by atoms with van der Waals surface area (Å²) in [5.41, 5.74) is 1.71. The molecule has 8 heteroatoms. The van der Waals surface area contributed by atoms with Crippen LogP contribution in [0.15, 0.2) is 29.6 Å². The molecule has 1 aliphatic heterocycles. The van der Waals surface area contributed by atoms with Crippen LogP contribution in [0.2, 0.25) is 5.02 Å². The third-order valence-corrected chi connectivity index (χ3v) is 5.59. The van der Waals surface area contributed by atoms with Crippen LogP contribution in [0.5, 0.6) is 0 Å². The number of hydrogen-bond acceptors (Lipinski definition) is 6. The van der Waals surface area contributed by atoms with Crippen molar-refractivity contribution in [1.29, 1.82) is 0 Å². The van der Waals surface area contributed by atoms with E-state index in [0.29, 0.717) is 10.2 Å². The number of aromatic nitrogens is 1. The molecule has 23 heavy (non-hydrogen) atoms. The van der Waals surface area contributed by atoms with Gasteiger partial charge in [-0.25, -0.2) is 4.98 Å². The van der Waals surface area contributed by atoms with Gasteiger partial charge in [0.15, 0.2) is 5.13 Å². The second-order valence-electron chi connectivity index (χ2n) is 5.28. The number of hydrogen-bond donors (Lipinski definition) is 1. The largest absolute Gasteiger partial charge is 0.330 e. The molecule has 0 atom stereocenters. The maximum absolute atomic E-state index is 12.2. The van der Waals surface area contributed by atoms with E-state index < -0.39 is 0 Å². The van der Waals surface area contributed by atoms with E-state index in [1.165, 1.54) is 11.3 Å². The highest BCUT2D eigenvalue weighted by Gasteiger charge is 2.20. The fourth-order valence-corrected chi connectivity index (χ4v) is 3.89. The minimum atomic E-state index is 0.0348. The van der Waals surface area contributed by atoms with Crippen LogP contribution in [0.25, 0.3) is 11.3 Å². The Morgan fingerprint density at radius 1 is 1.30 bits per heavy atom. The zero-order valence-electron chi connectivity index (χ0n) is 12.7. The van der Waals surface area contributed by atoms with Crippen LogP contribution in [-0.2, 0) is 0 Å². The molecule has 5 nitrogen and oxygen atoms in total. The number of likely N-dealkylation sites (N-methyl/N-ethyl adjacent to an activating group) is 1. The van der Waals surface area contributed by atoms with Crippen LogP contribution in [-0.4, -0.2) is 53.2 Å². The zero-order chi connectivity index (χ0) is 16.2. The van der Waals surface area contributed by atoms with Gasteiger partial charge in [0.2, 0.25) is 0 Å². The van der Waals surface area contributed by atoms with Crippen molar-refractivity contribution in [3.05, 3.63) is 34.7 Å². The second-order valence-corrected chi connectivity index (χ2v) is 7.30.